The summed E-state index contributed by atoms with van der Waals surface area (Å²) in [5, 5.41) is 0. The van der Waals surface area contributed by atoms with E-state index in [1.165, 1.54) is 42.6 Å². The fourth-order valence-corrected chi connectivity index (χ4v) is 4.35. The molecule has 5 rings (SSSR count). The molecule has 3 heterocycles. The number of hydrogen-bond acceptors (Lipinski definition) is 4. The molecule has 0 unspecified atom stereocenters. The third-order valence-corrected chi connectivity index (χ3v) is 5.57. The number of fused-ring (bicyclic) bond motifs is 2. The van der Waals surface area contributed by atoms with Gasteiger partial charge in [-0.25, -0.2) is 4.98 Å². The molecule has 1 atom stereocenters. The van der Waals surface area contributed by atoms with E-state index < -0.39 is 0 Å². The second-order valence-corrected chi connectivity index (χ2v) is 7.08. The minimum absolute atomic E-state index is 0.343. The highest BCUT2D eigenvalue weighted by Gasteiger charge is 2.28. The van der Waals surface area contributed by atoms with Crippen molar-refractivity contribution < 1.29 is 9.47 Å². The first-order valence-corrected chi connectivity index (χ1v) is 9.03. The summed E-state index contributed by atoms with van der Waals surface area (Å²) < 4.78 is 13.6. The van der Waals surface area contributed by atoms with Crippen molar-refractivity contribution in [2.75, 3.05) is 19.9 Å². The molecule has 1 aromatic heterocycles. The quantitative estimate of drug-likeness (QED) is 0.870. The largest absolute Gasteiger partial charge is 0.454 e. The summed E-state index contributed by atoms with van der Waals surface area (Å²) in [6.45, 7) is 3.49. The van der Waals surface area contributed by atoms with Crippen LogP contribution in [0.5, 0.6) is 11.5 Å². The van der Waals surface area contributed by atoms with Gasteiger partial charge in [0.2, 0.25) is 6.79 Å². The molecule has 1 fully saturated rings. The van der Waals surface area contributed by atoms with Gasteiger partial charge in [0.1, 0.15) is 0 Å². The zero-order valence-corrected chi connectivity index (χ0v) is 13.9. The molecular formula is C19H23N3O2. The Kier molecular flexibility index (Phi) is 3.47. The highest BCUT2D eigenvalue weighted by Crippen LogP contribution is 2.37. The van der Waals surface area contributed by atoms with Gasteiger partial charge in [-0.15, -0.1) is 0 Å². The second-order valence-electron chi connectivity index (χ2n) is 7.08. The number of aryl methyl sites for hydroxylation is 1. The zero-order chi connectivity index (χ0) is 15.9. The van der Waals surface area contributed by atoms with Crippen molar-refractivity contribution in [2.24, 2.45) is 0 Å². The van der Waals surface area contributed by atoms with Crippen LogP contribution in [0.1, 0.15) is 42.3 Å². The van der Waals surface area contributed by atoms with Crippen LogP contribution in [0.4, 0.5) is 0 Å². The molecule has 0 radical (unpaired) electrons. The first kappa shape index (κ1) is 14.3. The Bertz CT molecular complexity index is 755. The molecule has 0 spiro atoms. The van der Waals surface area contributed by atoms with E-state index in [4.69, 9.17) is 9.47 Å². The van der Waals surface area contributed by atoms with Gasteiger partial charge in [-0.05, 0) is 38.2 Å². The van der Waals surface area contributed by atoms with E-state index >= 15 is 0 Å². The first-order chi connectivity index (χ1) is 11.9. The summed E-state index contributed by atoms with van der Waals surface area (Å²) in [6.07, 6.45) is 8.25. The van der Waals surface area contributed by atoms with Gasteiger partial charge in [0.25, 0.3) is 0 Å². The van der Waals surface area contributed by atoms with Crippen molar-refractivity contribution in [1.29, 1.82) is 0 Å². The number of hydrogen-bond donors (Lipinski definition) is 0. The van der Waals surface area contributed by atoms with Gasteiger partial charge >= 0.3 is 0 Å². The average Bonchev–Trinajstić information content (AvgIpc) is 3.34. The molecule has 0 saturated carbocycles. The maximum Gasteiger partial charge on any atom is 0.231 e. The van der Waals surface area contributed by atoms with Crippen molar-refractivity contribution in [2.45, 2.75) is 44.7 Å². The highest BCUT2D eigenvalue weighted by atomic mass is 16.7. The van der Waals surface area contributed by atoms with E-state index in [0.717, 1.165) is 37.6 Å². The van der Waals surface area contributed by atoms with Crippen molar-refractivity contribution in [1.82, 2.24) is 14.5 Å². The molecule has 126 valence electrons. The minimum atomic E-state index is 0.343. The smallest absolute Gasteiger partial charge is 0.231 e. The Labute approximate surface area is 142 Å². The van der Waals surface area contributed by atoms with Crippen LogP contribution in [0.3, 0.4) is 0 Å². The van der Waals surface area contributed by atoms with Gasteiger partial charge in [-0.3, -0.25) is 4.90 Å². The van der Waals surface area contributed by atoms with Gasteiger partial charge in [0, 0.05) is 36.9 Å². The summed E-state index contributed by atoms with van der Waals surface area (Å²) in [5.74, 6) is 1.81. The molecule has 1 saturated heterocycles. The fourth-order valence-electron chi connectivity index (χ4n) is 4.35. The highest BCUT2D eigenvalue weighted by molar-refractivity contribution is 5.48. The molecule has 0 bridgehead atoms. The lowest BCUT2D eigenvalue weighted by molar-refractivity contribution is 0.172. The molecule has 2 aliphatic heterocycles. The number of nitrogens with zero attached hydrogens (tertiary/aromatic N) is 3. The minimum Gasteiger partial charge on any atom is -0.454 e. The van der Waals surface area contributed by atoms with E-state index in [1.807, 2.05) is 6.07 Å². The molecule has 5 nitrogen and oxygen atoms in total. The van der Waals surface area contributed by atoms with Gasteiger partial charge in [0.05, 0.1) is 12.0 Å². The van der Waals surface area contributed by atoms with Crippen molar-refractivity contribution in [3.05, 3.63) is 41.5 Å². The molecule has 5 heteroatoms. The lowest BCUT2D eigenvalue weighted by Crippen LogP contribution is -2.22. The van der Waals surface area contributed by atoms with Crippen molar-refractivity contribution in [3.63, 3.8) is 0 Å². The van der Waals surface area contributed by atoms with E-state index in [9.17, 15) is 0 Å². The molecule has 0 N–H and O–H groups in total. The Morgan fingerprint density at radius 2 is 2.12 bits per heavy atom. The molecule has 1 aliphatic carbocycles. The van der Waals surface area contributed by atoms with Gasteiger partial charge in [0.15, 0.2) is 11.5 Å². The SMILES string of the molecule is c1cc(CN2CC[C@@H](n3cnc4c3CCCC4)C2)c2c(c1)OCO2. The Hall–Kier alpha value is -2.01. The monoisotopic (exact) mass is 325 g/mol. The molecular weight excluding hydrogens is 302 g/mol. The number of para-hydroxylation sites is 1. The van der Waals surface area contributed by atoms with Crippen LogP contribution in [-0.2, 0) is 19.4 Å². The van der Waals surface area contributed by atoms with Crippen molar-refractivity contribution in [3.8, 4) is 11.5 Å². The summed E-state index contributed by atoms with van der Waals surface area (Å²) >= 11 is 0. The summed E-state index contributed by atoms with van der Waals surface area (Å²) in [6, 6.07) is 6.76. The van der Waals surface area contributed by atoms with Gasteiger partial charge in [-0.1, -0.05) is 12.1 Å². The number of aromatic nitrogens is 2. The van der Waals surface area contributed by atoms with E-state index in [0.29, 0.717) is 12.8 Å². The van der Waals surface area contributed by atoms with Crippen LogP contribution >= 0.6 is 0 Å². The van der Waals surface area contributed by atoms with Crippen molar-refractivity contribution >= 4 is 0 Å². The third kappa shape index (κ3) is 2.38. The Morgan fingerprint density at radius 1 is 1.17 bits per heavy atom. The topological polar surface area (TPSA) is 39.5 Å². The normalized spacial score (nSPS) is 22.8. The average molecular weight is 325 g/mol. The van der Waals surface area contributed by atoms with Crippen LogP contribution < -0.4 is 9.47 Å². The van der Waals surface area contributed by atoms with Crippen LogP contribution in [0, 0.1) is 0 Å². The van der Waals surface area contributed by atoms with Gasteiger partial charge in [-0.2, -0.15) is 0 Å². The maximum absolute atomic E-state index is 5.65. The molecule has 24 heavy (non-hydrogen) atoms. The fraction of sp³-hybridized carbons (Fsp3) is 0.526. The standard InChI is InChI=1S/C19H23N3O2/c1-2-6-17-16(5-1)20-12-22(17)15-8-9-21(11-15)10-14-4-3-7-18-19(14)24-13-23-18/h3-4,7,12,15H,1-2,5-6,8-11,13H2/t15-/m1/s1. The molecule has 3 aliphatic rings. The van der Waals surface area contributed by atoms with E-state index in [-0.39, 0.29) is 0 Å². The number of imidazole rings is 1. The Morgan fingerprint density at radius 3 is 3.12 bits per heavy atom. The Balaban J connectivity index is 1.31. The molecule has 2 aromatic rings. The van der Waals surface area contributed by atoms with E-state index in [2.05, 4.69) is 32.9 Å². The molecule has 0 amide bonds. The van der Waals surface area contributed by atoms with Crippen LogP contribution in [0.2, 0.25) is 0 Å². The predicted molar refractivity (Wildman–Crippen MR) is 90.4 cm³/mol. The maximum atomic E-state index is 5.65. The van der Waals surface area contributed by atoms with Gasteiger partial charge < -0.3 is 14.0 Å². The summed E-state index contributed by atoms with van der Waals surface area (Å²) in [4.78, 5) is 7.19. The zero-order valence-electron chi connectivity index (χ0n) is 13.9. The lowest BCUT2D eigenvalue weighted by Gasteiger charge is -2.20. The lowest BCUT2D eigenvalue weighted by atomic mass is 10.0. The van der Waals surface area contributed by atoms with E-state index in [1.54, 1.807) is 0 Å². The number of ether oxygens (including phenoxy) is 2. The third-order valence-electron chi connectivity index (χ3n) is 5.57. The summed E-state index contributed by atoms with van der Waals surface area (Å²) in [5.41, 5.74) is 4.06. The number of likely N-dealkylation sites (tertiary alicyclic amines) is 1. The van der Waals surface area contributed by atoms with Crippen LogP contribution in [0.15, 0.2) is 24.5 Å². The molecule has 1 aromatic carbocycles. The van der Waals surface area contributed by atoms with Crippen LogP contribution in [0.25, 0.3) is 0 Å². The predicted octanol–water partition coefficient (Wildman–Crippen LogP) is 2.94. The first-order valence-electron chi connectivity index (χ1n) is 9.03. The second kappa shape index (κ2) is 5.81. The number of benzene rings is 1. The summed E-state index contributed by atoms with van der Waals surface area (Å²) in [7, 11) is 0. The van der Waals surface area contributed by atoms with Crippen LogP contribution in [-0.4, -0.2) is 34.3 Å². The number of rotatable bonds is 3.